The van der Waals surface area contributed by atoms with Crippen molar-refractivity contribution >= 4 is 11.6 Å². The summed E-state index contributed by atoms with van der Waals surface area (Å²) in [5.74, 6) is 0.581. The monoisotopic (exact) mass is 313 g/mol. The van der Waals surface area contributed by atoms with E-state index >= 15 is 0 Å². The Labute approximate surface area is 133 Å². The van der Waals surface area contributed by atoms with Gasteiger partial charge in [-0.3, -0.25) is 4.68 Å². The van der Waals surface area contributed by atoms with Crippen LogP contribution in [0.1, 0.15) is 45.0 Å². The highest BCUT2D eigenvalue weighted by atomic mass is 35.5. The lowest BCUT2D eigenvalue weighted by molar-refractivity contribution is 0.176. The van der Waals surface area contributed by atoms with Crippen molar-refractivity contribution < 1.29 is 4.74 Å². The molecule has 2 heterocycles. The molecule has 0 aliphatic carbocycles. The molecule has 2 atom stereocenters. The maximum Gasteiger partial charge on any atom is 0.0850 e. The zero-order valence-corrected chi connectivity index (χ0v) is 14.2. The molecule has 2 unspecified atom stereocenters. The molecule has 0 bridgehead atoms. The van der Waals surface area contributed by atoms with E-state index in [9.17, 15) is 0 Å². The SMILES string of the molecule is CCCNC(Cc1c(Cl)c(CC)nn1CC)C1CCOC1. The third kappa shape index (κ3) is 3.99. The second kappa shape index (κ2) is 8.16. The summed E-state index contributed by atoms with van der Waals surface area (Å²) in [6, 6.07) is 0.427. The first-order valence-electron chi connectivity index (χ1n) is 8.26. The smallest absolute Gasteiger partial charge is 0.0850 e. The Bertz CT molecular complexity index is 441. The molecule has 0 saturated carbocycles. The van der Waals surface area contributed by atoms with Gasteiger partial charge >= 0.3 is 0 Å². The summed E-state index contributed by atoms with van der Waals surface area (Å²) < 4.78 is 7.64. The van der Waals surface area contributed by atoms with E-state index < -0.39 is 0 Å². The van der Waals surface area contributed by atoms with Crippen LogP contribution >= 0.6 is 11.6 Å². The van der Waals surface area contributed by atoms with Crippen LogP contribution in [-0.4, -0.2) is 35.6 Å². The molecule has 21 heavy (non-hydrogen) atoms. The van der Waals surface area contributed by atoms with Crippen LogP contribution in [0.25, 0.3) is 0 Å². The summed E-state index contributed by atoms with van der Waals surface area (Å²) >= 11 is 6.55. The Morgan fingerprint density at radius 2 is 2.24 bits per heavy atom. The molecule has 0 aromatic carbocycles. The van der Waals surface area contributed by atoms with Gasteiger partial charge in [-0.15, -0.1) is 0 Å². The lowest BCUT2D eigenvalue weighted by atomic mass is 9.94. The molecule has 1 aromatic rings. The first-order valence-corrected chi connectivity index (χ1v) is 8.64. The lowest BCUT2D eigenvalue weighted by Gasteiger charge is -2.24. The van der Waals surface area contributed by atoms with Gasteiger partial charge in [-0.1, -0.05) is 25.4 Å². The molecule has 1 N–H and O–H groups in total. The van der Waals surface area contributed by atoms with Gasteiger partial charge in [0, 0.05) is 31.5 Å². The van der Waals surface area contributed by atoms with Crippen molar-refractivity contribution in [3.63, 3.8) is 0 Å². The van der Waals surface area contributed by atoms with Crippen molar-refractivity contribution in [3.8, 4) is 0 Å². The van der Waals surface area contributed by atoms with Gasteiger partial charge < -0.3 is 10.1 Å². The third-order valence-corrected chi connectivity index (χ3v) is 4.73. The highest BCUT2D eigenvalue weighted by Crippen LogP contribution is 2.26. The number of nitrogens with one attached hydrogen (secondary N) is 1. The number of hydrogen-bond acceptors (Lipinski definition) is 3. The van der Waals surface area contributed by atoms with E-state index in [0.717, 1.165) is 62.7 Å². The molecule has 4 nitrogen and oxygen atoms in total. The molecular weight excluding hydrogens is 286 g/mol. The zero-order valence-electron chi connectivity index (χ0n) is 13.5. The fourth-order valence-electron chi connectivity index (χ4n) is 3.03. The highest BCUT2D eigenvalue weighted by Gasteiger charge is 2.28. The maximum atomic E-state index is 6.55. The van der Waals surface area contributed by atoms with Crippen LogP contribution in [0.15, 0.2) is 0 Å². The summed E-state index contributed by atoms with van der Waals surface area (Å²) in [7, 11) is 0. The summed E-state index contributed by atoms with van der Waals surface area (Å²) in [5, 5.41) is 9.18. The van der Waals surface area contributed by atoms with Crippen LogP contribution in [0.4, 0.5) is 0 Å². The van der Waals surface area contributed by atoms with Gasteiger partial charge in [0.15, 0.2) is 0 Å². The molecule has 0 spiro atoms. The predicted octanol–water partition coefficient (Wildman–Crippen LogP) is 3.07. The summed E-state index contributed by atoms with van der Waals surface area (Å²) in [4.78, 5) is 0. The molecule has 1 aliphatic rings. The average molecular weight is 314 g/mol. The van der Waals surface area contributed by atoms with E-state index in [1.807, 2.05) is 0 Å². The minimum atomic E-state index is 0.427. The Balaban J connectivity index is 2.16. The number of nitrogens with zero attached hydrogens (tertiary/aromatic N) is 2. The molecule has 0 radical (unpaired) electrons. The number of ether oxygens (including phenoxy) is 1. The fourth-order valence-corrected chi connectivity index (χ4v) is 3.37. The van der Waals surface area contributed by atoms with Gasteiger partial charge in [0.05, 0.1) is 23.0 Å². The minimum Gasteiger partial charge on any atom is -0.381 e. The van der Waals surface area contributed by atoms with Gasteiger partial charge in [0.1, 0.15) is 0 Å². The van der Waals surface area contributed by atoms with E-state index in [1.165, 1.54) is 5.69 Å². The first-order chi connectivity index (χ1) is 10.2. The van der Waals surface area contributed by atoms with Crippen molar-refractivity contribution in [1.29, 1.82) is 0 Å². The summed E-state index contributed by atoms with van der Waals surface area (Å²) in [5.41, 5.74) is 2.20. The average Bonchev–Trinajstić information content (AvgIpc) is 3.12. The van der Waals surface area contributed by atoms with Crippen LogP contribution in [0.3, 0.4) is 0 Å². The van der Waals surface area contributed by atoms with Gasteiger partial charge in [-0.25, -0.2) is 0 Å². The first kappa shape index (κ1) is 16.8. The molecule has 1 fully saturated rings. The summed E-state index contributed by atoms with van der Waals surface area (Å²) in [6.45, 7) is 10.1. The van der Waals surface area contributed by atoms with Crippen molar-refractivity contribution in [3.05, 3.63) is 16.4 Å². The molecular formula is C16H28ClN3O. The molecule has 0 amide bonds. The number of aromatic nitrogens is 2. The van der Waals surface area contributed by atoms with Crippen LogP contribution in [0.5, 0.6) is 0 Å². The second-order valence-corrected chi connectivity index (χ2v) is 6.14. The van der Waals surface area contributed by atoms with E-state index in [2.05, 4.69) is 35.9 Å². The second-order valence-electron chi connectivity index (χ2n) is 5.77. The van der Waals surface area contributed by atoms with Crippen molar-refractivity contribution in [2.24, 2.45) is 5.92 Å². The number of aryl methyl sites for hydroxylation is 2. The normalized spacial score (nSPS) is 20.1. The Kier molecular flexibility index (Phi) is 6.52. The van der Waals surface area contributed by atoms with Gasteiger partial charge in [0.2, 0.25) is 0 Å². The maximum absolute atomic E-state index is 6.55. The van der Waals surface area contributed by atoms with E-state index in [1.54, 1.807) is 0 Å². The third-order valence-electron chi connectivity index (χ3n) is 4.30. The number of rotatable bonds is 8. The Morgan fingerprint density at radius 3 is 2.81 bits per heavy atom. The van der Waals surface area contributed by atoms with Crippen LogP contribution in [0.2, 0.25) is 5.02 Å². The highest BCUT2D eigenvalue weighted by molar-refractivity contribution is 6.31. The fraction of sp³-hybridized carbons (Fsp3) is 0.812. The van der Waals surface area contributed by atoms with Crippen molar-refractivity contribution in [2.75, 3.05) is 19.8 Å². The van der Waals surface area contributed by atoms with Crippen LogP contribution in [0, 0.1) is 5.92 Å². The topological polar surface area (TPSA) is 39.1 Å². The molecule has 5 heteroatoms. The van der Waals surface area contributed by atoms with Crippen molar-refractivity contribution in [1.82, 2.24) is 15.1 Å². The molecule has 2 rings (SSSR count). The van der Waals surface area contributed by atoms with Gasteiger partial charge in [-0.05, 0) is 32.7 Å². The van der Waals surface area contributed by atoms with E-state index in [0.29, 0.717) is 12.0 Å². The predicted molar refractivity (Wildman–Crippen MR) is 87.0 cm³/mol. The molecule has 1 saturated heterocycles. The van der Waals surface area contributed by atoms with Gasteiger partial charge in [0.25, 0.3) is 0 Å². The largest absolute Gasteiger partial charge is 0.381 e. The minimum absolute atomic E-state index is 0.427. The van der Waals surface area contributed by atoms with E-state index in [-0.39, 0.29) is 0 Å². The number of hydrogen-bond donors (Lipinski definition) is 1. The van der Waals surface area contributed by atoms with Crippen molar-refractivity contribution in [2.45, 2.75) is 59.0 Å². The van der Waals surface area contributed by atoms with Gasteiger partial charge in [-0.2, -0.15) is 5.10 Å². The zero-order chi connectivity index (χ0) is 15.2. The molecule has 1 aromatic heterocycles. The van der Waals surface area contributed by atoms with Crippen LogP contribution in [-0.2, 0) is 24.1 Å². The molecule has 1 aliphatic heterocycles. The van der Waals surface area contributed by atoms with E-state index in [4.69, 9.17) is 16.3 Å². The summed E-state index contributed by atoms with van der Waals surface area (Å²) in [6.07, 6.45) is 4.11. The van der Waals surface area contributed by atoms with Crippen LogP contribution < -0.4 is 5.32 Å². The lowest BCUT2D eigenvalue weighted by Crippen LogP contribution is -2.39. The number of halogens is 1. The molecule has 120 valence electrons. The standard InChI is InChI=1S/C16H28ClN3O/c1-4-8-18-14(12-7-9-21-11-12)10-15-16(17)13(5-2)19-20(15)6-3/h12,14,18H,4-11H2,1-3H3. The Morgan fingerprint density at radius 1 is 1.43 bits per heavy atom. The Hall–Kier alpha value is -0.580. The quantitative estimate of drug-likeness (QED) is 0.801.